The number of rotatable bonds is 9. The quantitative estimate of drug-likeness (QED) is 0.517. The Balaban J connectivity index is 1.68. The molecule has 0 atom stereocenters. The Morgan fingerprint density at radius 2 is 1.92 bits per heavy atom. The van der Waals surface area contributed by atoms with Gasteiger partial charge in [0.2, 0.25) is 5.91 Å². The van der Waals surface area contributed by atoms with Crippen LogP contribution >= 0.6 is 23.4 Å². The SMILES string of the molecule is CCCOc1ccc(C=NNC(=O)CSCc2ccc(Cl)cc2)cc1. The number of ether oxygens (including phenoxy) is 1. The fourth-order valence-electron chi connectivity index (χ4n) is 1.92. The molecule has 0 spiro atoms. The van der Waals surface area contributed by atoms with E-state index in [1.807, 2.05) is 48.5 Å². The van der Waals surface area contributed by atoms with Crippen molar-refractivity contribution in [3.63, 3.8) is 0 Å². The van der Waals surface area contributed by atoms with E-state index in [0.29, 0.717) is 17.4 Å². The number of hydrazone groups is 1. The minimum absolute atomic E-state index is 0.127. The number of carbonyl (C=O) groups excluding carboxylic acids is 1. The van der Waals surface area contributed by atoms with Gasteiger partial charge < -0.3 is 4.74 Å². The van der Waals surface area contributed by atoms with Crippen molar-refractivity contribution in [2.24, 2.45) is 5.10 Å². The van der Waals surface area contributed by atoms with Crippen LogP contribution in [-0.4, -0.2) is 24.5 Å². The van der Waals surface area contributed by atoms with Crippen LogP contribution < -0.4 is 10.2 Å². The van der Waals surface area contributed by atoms with Crippen LogP contribution in [0.2, 0.25) is 5.02 Å². The van der Waals surface area contributed by atoms with Gasteiger partial charge in [-0.2, -0.15) is 5.10 Å². The predicted octanol–water partition coefficient (Wildman–Crippen LogP) is 4.51. The highest BCUT2D eigenvalue weighted by atomic mass is 35.5. The number of benzene rings is 2. The second kappa shape index (κ2) is 10.8. The number of halogens is 1. The van der Waals surface area contributed by atoms with Crippen LogP contribution in [0.3, 0.4) is 0 Å². The van der Waals surface area contributed by atoms with Crippen molar-refractivity contribution in [2.75, 3.05) is 12.4 Å². The third kappa shape index (κ3) is 7.63. The van der Waals surface area contributed by atoms with Crippen molar-refractivity contribution in [3.8, 4) is 5.75 Å². The van der Waals surface area contributed by atoms with Gasteiger partial charge in [0.25, 0.3) is 0 Å². The van der Waals surface area contributed by atoms with Crippen molar-refractivity contribution >= 4 is 35.5 Å². The number of hydrogen-bond donors (Lipinski definition) is 1. The van der Waals surface area contributed by atoms with Gasteiger partial charge in [-0.15, -0.1) is 11.8 Å². The zero-order valence-electron chi connectivity index (χ0n) is 14.1. The van der Waals surface area contributed by atoms with E-state index in [1.165, 1.54) is 11.8 Å². The molecule has 1 N–H and O–H groups in total. The molecule has 0 heterocycles. The Bertz CT molecular complexity index is 688. The largest absolute Gasteiger partial charge is 0.494 e. The number of nitrogens with one attached hydrogen (secondary N) is 1. The molecule has 0 radical (unpaired) electrons. The lowest BCUT2D eigenvalue weighted by atomic mass is 10.2. The van der Waals surface area contributed by atoms with Crippen LogP contribution in [0.15, 0.2) is 53.6 Å². The van der Waals surface area contributed by atoms with Crippen LogP contribution in [-0.2, 0) is 10.5 Å². The molecule has 2 aromatic carbocycles. The Hall–Kier alpha value is -1.98. The summed E-state index contributed by atoms with van der Waals surface area (Å²) < 4.78 is 5.52. The molecule has 0 unspecified atom stereocenters. The van der Waals surface area contributed by atoms with Gasteiger partial charge in [-0.3, -0.25) is 4.79 Å². The van der Waals surface area contributed by atoms with E-state index in [1.54, 1.807) is 6.21 Å². The monoisotopic (exact) mass is 376 g/mol. The smallest absolute Gasteiger partial charge is 0.250 e. The van der Waals surface area contributed by atoms with Crippen molar-refractivity contribution in [3.05, 3.63) is 64.7 Å². The third-order valence-corrected chi connectivity index (χ3v) is 4.43. The number of carbonyl (C=O) groups is 1. The summed E-state index contributed by atoms with van der Waals surface area (Å²) in [5.74, 6) is 1.82. The van der Waals surface area contributed by atoms with Crippen LogP contribution in [0.5, 0.6) is 5.75 Å². The molecule has 6 heteroatoms. The van der Waals surface area contributed by atoms with Crippen LogP contribution in [0.25, 0.3) is 0 Å². The van der Waals surface area contributed by atoms with E-state index in [2.05, 4.69) is 17.5 Å². The highest BCUT2D eigenvalue weighted by molar-refractivity contribution is 7.99. The highest BCUT2D eigenvalue weighted by Crippen LogP contribution is 2.15. The van der Waals surface area contributed by atoms with Gasteiger partial charge in [-0.05, 0) is 53.9 Å². The zero-order chi connectivity index (χ0) is 17.9. The highest BCUT2D eigenvalue weighted by Gasteiger charge is 2.01. The first-order valence-electron chi connectivity index (χ1n) is 8.04. The topological polar surface area (TPSA) is 50.7 Å². The van der Waals surface area contributed by atoms with Gasteiger partial charge in [0, 0.05) is 10.8 Å². The first kappa shape index (κ1) is 19.3. The summed E-state index contributed by atoms with van der Waals surface area (Å²) in [7, 11) is 0. The molecule has 2 rings (SSSR count). The van der Waals surface area contributed by atoms with Gasteiger partial charge in [0.1, 0.15) is 5.75 Å². The number of nitrogens with zero attached hydrogens (tertiary/aromatic N) is 1. The lowest BCUT2D eigenvalue weighted by molar-refractivity contribution is -0.118. The predicted molar refractivity (Wildman–Crippen MR) is 106 cm³/mol. The molecule has 0 fully saturated rings. The van der Waals surface area contributed by atoms with Crippen LogP contribution in [0, 0.1) is 0 Å². The van der Waals surface area contributed by atoms with E-state index in [-0.39, 0.29) is 5.91 Å². The van der Waals surface area contributed by atoms with Gasteiger partial charge in [-0.1, -0.05) is 30.7 Å². The van der Waals surface area contributed by atoms with Gasteiger partial charge in [-0.25, -0.2) is 5.43 Å². The summed E-state index contributed by atoms with van der Waals surface area (Å²) in [5.41, 5.74) is 4.57. The van der Waals surface area contributed by atoms with Gasteiger partial charge in [0.05, 0.1) is 18.6 Å². The Labute approximate surface area is 157 Å². The van der Waals surface area contributed by atoms with Crippen molar-refractivity contribution in [1.82, 2.24) is 5.43 Å². The lowest BCUT2D eigenvalue weighted by Gasteiger charge is -2.04. The summed E-state index contributed by atoms with van der Waals surface area (Å²) in [6.07, 6.45) is 2.59. The number of amides is 1. The molecular formula is C19H21ClN2O2S. The molecule has 1 amide bonds. The zero-order valence-corrected chi connectivity index (χ0v) is 15.6. The summed E-state index contributed by atoms with van der Waals surface area (Å²) in [6, 6.07) is 15.2. The second-order valence-electron chi connectivity index (χ2n) is 5.33. The van der Waals surface area contributed by atoms with E-state index in [9.17, 15) is 4.79 Å². The maximum Gasteiger partial charge on any atom is 0.250 e. The molecule has 0 bridgehead atoms. The Morgan fingerprint density at radius 1 is 1.20 bits per heavy atom. The first-order valence-corrected chi connectivity index (χ1v) is 9.57. The molecule has 0 saturated heterocycles. The van der Waals surface area contributed by atoms with E-state index >= 15 is 0 Å². The molecule has 0 aliphatic carbocycles. The molecule has 0 aliphatic rings. The Kier molecular flexibility index (Phi) is 8.35. The number of thioether (sulfide) groups is 1. The molecule has 4 nitrogen and oxygen atoms in total. The van der Waals surface area contributed by atoms with Crippen molar-refractivity contribution in [2.45, 2.75) is 19.1 Å². The normalized spacial score (nSPS) is 10.8. The minimum atomic E-state index is -0.127. The molecule has 0 saturated carbocycles. The van der Waals surface area contributed by atoms with E-state index in [4.69, 9.17) is 16.3 Å². The average Bonchev–Trinajstić information content (AvgIpc) is 2.63. The summed E-state index contributed by atoms with van der Waals surface area (Å²) in [5, 5.41) is 4.69. The standard InChI is InChI=1S/C19H21ClN2O2S/c1-2-11-24-18-9-5-15(6-10-18)12-21-22-19(23)14-25-13-16-3-7-17(20)8-4-16/h3-10,12H,2,11,13-14H2,1H3,(H,22,23). The van der Waals surface area contributed by atoms with Crippen molar-refractivity contribution in [1.29, 1.82) is 0 Å². The first-order chi connectivity index (χ1) is 12.2. The van der Waals surface area contributed by atoms with E-state index < -0.39 is 0 Å². The van der Waals surface area contributed by atoms with Crippen molar-refractivity contribution < 1.29 is 9.53 Å². The molecule has 2 aromatic rings. The second-order valence-corrected chi connectivity index (χ2v) is 6.75. The molecular weight excluding hydrogens is 356 g/mol. The fourth-order valence-corrected chi connectivity index (χ4v) is 2.83. The fraction of sp³-hybridized carbons (Fsp3) is 0.263. The summed E-state index contributed by atoms with van der Waals surface area (Å²) in [6.45, 7) is 2.77. The molecule has 25 heavy (non-hydrogen) atoms. The average molecular weight is 377 g/mol. The molecule has 132 valence electrons. The lowest BCUT2D eigenvalue weighted by Crippen LogP contribution is -2.19. The van der Waals surface area contributed by atoms with Crippen LogP contribution in [0.1, 0.15) is 24.5 Å². The molecule has 0 aliphatic heterocycles. The van der Waals surface area contributed by atoms with Crippen LogP contribution in [0.4, 0.5) is 0 Å². The molecule has 0 aromatic heterocycles. The summed E-state index contributed by atoms with van der Waals surface area (Å²) >= 11 is 7.37. The van der Waals surface area contributed by atoms with E-state index in [0.717, 1.165) is 29.1 Å². The van der Waals surface area contributed by atoms with Gasteiger partial charge >= 0.3 is 0 Å². The third-order valence-electron chi connectivity index (χ3n) is 3.17. The summed E-state index contributed by atoms with van der Waals surface area (Å²) in [4.78, 5) is 11.8. The Morgan fingerprint density at radius 3 is 2.60 bits per heavy atom. The maximum atomic E-state index is 11.8. The minimum Gasteiger partial charge on any atom is -0.494 e. The van der Waals surface area contributed by atoms with Gasteiger partial charge in [0.15, 0.2) is 0 Å². The number of hydrogen-bond acceptors (Lipinski definition) is 4. The maximum absolute atomic E-state index is 11.8.